The molecule has 162 valence electrons. The summed E-state index contributed by atoms with van der Waals surface area (Å²) < 4.78 is 45.5. The van der Waals surface area contributed by atoms with Gasteiger partial charge in [-0.2, -0.15) is 23.4 Å². The first-order valence-electron chi connectivity index (χ1n) is 10.1. The molecule has 1 unspecified atom stereocenters. The van der Waals surface area contributed by atoms with Crippen LogP contribution in [-0.4, -0.2) is 28.2 Å². The van der Waals surface area contributed by atoms with Gasteiger partial charge in [-0.25, -0.2) is 4.98 Å². The Morgan fingerprint density at radius 3 is 2.81 bits per heavy atom. The first-order valence-corrected chi connectivity index (χ1v) is 10.1. The Morgan fingerprint density at radius 2 is 2.06 bits per heavy atom. The molecule has 1 aliphatic heterocycles. The second kappa shape index (κ2) is 8.36. The number of fused-ring (bicyclic) bond motifs is 1. The van der Waals surface area contributed by atoms with Crippen LogP contribution < -0.4 is 16.1 Å². The van der Waals surface area contributed by atoms with Gasteiger partial charge in [0.2, 0.25) is 5.95 Å². The van der Waals surface area contributed by atoms with Crippen LogP contribution in [0, 0.1) is 24.2 Å². The van der Waals surface area contributed by atoms with E-state index in [1.54, 1.807) is 6.20 Å². The molecule has 1 fully saturated rings. The fraction of sp³-hybridized carbons (Fsp3) is 0.450. The van der Waals surface area contributed by atoms with Crippen molar-refractivity contribution in [2.75, 3.05) is 10.6 Å². The van der Waals surface area contributed by atoms with Crippen molar-refractivity contribution in [3.8, 4) is 6.07 Å². The molecule has 0 spiro atoms. The Kier molecular flexibility index (Phi) is 5.77. The van der Waals surface area contributed by atoms with Crippen molar-refractivity contribution in [2.24, 2.45) is 5.92 Å². The molecular weight excluding hydrogens is 410 g/mol. The minimum absolute atomic E-state index is 0.0318. The maximum Gasteiger partial charge on any atom is 0.492 e. The topological polar surface area (TPSA) is 103 Å². The number of anilines is 3. The molecular formula is C20H21BF3N5O2. The zero-order valence-corrected chi connectivity index (χ0v) is 16.8. The van der Waals surface area contributed by atoms with Crippen LogP contribution in [0.25, 0.3) is 0 Å². The molecule has 1 saturated carbocycles. The molecule has 1 aromatic carbocycles. The van der Waals surface area contributed by atoms with Gasteiger partial charge >= 0.3 is 13.3 Å². The number of nitrogens with one attached hydrogen (secondary N) is 2. The number of nitriles is 1. The van der Waals surface area contributed by atoms with E-state index >= 15 is 0 Å². The van der Waals surface area contributed by atoms with E-state index in [9.17, 15) is 23.5 Å². The predicted octanol–water partition coefficient (Wildman–Crippen LogP) is 3.26. The molecule has 0 saturated heterocycles. The van der Waals surface area contributed by atoms with Crippen molar-refractivity contribution in [1.82, 2.24) is 9.97 Å². The van der Waals surface area contributed by atoms with E-state index in [2.05, 4.69) is 26.7 Å². The zero-order chi connectivity index (χ0) is 22.2. The highest BCUT2D eigenvalue weighted by Gasteiger charge is 2.41. The summed E-state index contributed by atoms with van der Waals surface area (Å²) in [6.45, 7) is 1.71. The minimum Gasteiger partial charge on any atom is -0.423 e. The Labute approximate surface area is 177 Å². The molecule has 31 heavy (non-hydrogen) atoms. The summed E-state index contributed by atoms with van der Waals surface area (Å²) in [7, 11) is -1.60. The Balaban J connectivity index is 1.61. The van der Waals surface area contributed by atoms with Crippen LogP contribution in [0.2, 0.25) is 0 Å². The van der Waals surface area contributed by atoms with Gasteiger partial charge in [-0.05, 0) is 37.5 Å². The monoisotopic (exact) mass is 431 g/mol. The van der Waals surface area contributed by atoms with Crippen LogP contribution in [0.3, 0.4) is 0 Å². The first kappa shape index (κ1) is 21.4. The lowest BCUT2D eigenvalue weighted by Crippen LogP contribution is -2.34. The van der Waals surface area contributed by atoms with Crippen LogP contribution in [0.1, 0.15) is 42.4 Å². The predicted molar refractivity (Wildman–Crippen MR) is 109 cm³/mol. The SMILES string of the molecule is Cc1cnc(Nc2cc3c(c(C(F)(F)F)c2)B(O)OC3)nc1NC1CCCC[C@H]1C#N. The van der Waals surface area contributed by atoms with Gasteiger partial charge in [-0.1, -0.05) is 12.8 Å². The van der Waals surface area contributed by atoms with Gasteiger partial charge in [0.05, 0.1) is 24.2 Å². The largest absolute Gasteiger partial charge is 0.492 e. The van der Waals surface area contributed by atoms with Gasteiger partial charge in [0.1, 0.15) is 5.82 Å². The standard InChI is InChI=1S/C20H21BF3N5O2/c1-11-9-26-19(29-18(11)28-16-5-3-2-4-12(16)8-25)27-14-6-13-10-31-21(30)17(13)15(7-14)20(22,23)24/h6-7,9,12,16,30H,2-5,10H2,1H3,(H2,26,27,28,29)/t12-,16?/m0/s1. The number of halogens is 3. The molecule has 1 aliphatic carbocycles. The van der Waals surface area contributed by atoms with E-state index < -0.39 is 18.9 Å². The van der Waals surface area contributed by atoms with Gasteiger partial charge in [0.25, 0.3) is 0 Å². The van der Waals surface area contributed by atoms with Crippen molar-refractivity contribution < 1.29 is 22.8 Å². The zero-order valence-electron chi connectivity index (χ0n) is 16.8. The summed E-state index contributed by atoms with van der Waals surface area (Å²) in [6, 6.07) is 4.71. The van der Waals surface area contributed by atoms with Gasteiger partial charge in [0, 0.05) is 29.0 Å². The van der Waals surface area contributed by atoms with E-state index in [0.29, 0.717) is 5.82 Å². The van der Waals surface area contributed by atoms with E-state index in [0.717, 1.165) is 37.3 Å². The highest BCUT2D eigenvalue weighted by Crippen LogP contribution is 2.34. The number of rotatable bonds is 4. The normalized spacial score (nSPS) is 20.8. The number of nitrogens with zero attached hydrogens (tertiary/aromatic N) is 3. The number of hydrogen-bond acceptors (Lipinski definition) is 7. The van der Waals surface area contributed by atoms with Crippen molar-refractivity contribution in [3.63, 3.8) is 0 Å². The average molecular weight is 431 g/mol. The molecule has 11 heteroatoms. The molecule has 0 amide bonds. The smallest absolute Gasteiger partial charge is 0.423 e. The molecule has 2 heterocycles. The first-order chi connectivity index (χ1) is 14.8. The summed E-state index contributed by atoms with van der Waals surface area (Å²) >= 11 is 0. The maximum absolute atomic E-state index is 13.5. The lowest BCUT2D eigenvalue weighted by Gasteiger charge is -2.28. The molecule has 0 radical (unpaired) electrons. The molecule has 1 aromatic heterocycles. The Hall–Kier alpha value is -2.84. The molecule has 4 rings (SSSR count). The van der Waals surface area contributed by atoms with E-state index in [1.807, 2.05) is 6.92 Å². The van der Waals surface area contributed by atoms with Crippen LogP contribution in [0.15, 0.2) is 18.3 Å². The number of aryl methyl sites for hydroxylation is 1. The highest BCUT2D eigenvalue weighted by atomic mass is 19.4. The van der Waals surface area contributed by atoms with Crippen LogP contribution in [0.5, 0.6) is 0 Å². The highest BCUT2D eigenvalue weighted by molar-refractivity contribution is 6.62. The van der Waals surface area contributed by atoms with E-state index in [4.69, 9.17) is 4.65 Å². The fourth-order valence-corrected chi connectivity index (χ4v) is 4.09. The number of aromatic nitrogens is 2. The summed E-state index contributed by atoms with van der Waals surface area (Å²) in [6.07, 6.45) is 0.648. The van der Waals surface area contributed by atoms with E-state index in [-0.39, 0.29) is 41.2 Å². The summed E-state index contributed by atoms with van der Waals surface area (Å²) in [5.74, 6) is 0.558. The third-order valence-corrected chi connectivity index (χ3v) is 5.70. The molecule has 2 aromatic rings. The minimum atomic E-state index is -4.65. The van der Waals surface area contributed by atoms with Gasteiger partial charge in [0.15, 0.2) is 0 Å². The lowest BCUT2D eigenvalue weighted by molar-refractivity contribution is -0.136. The third kappa shape index (κ3) is 4.45. The number of hydrogen-bond donors (Lipinski definition) is 3. The maximum atomic E-state index is 13.5. The van der Waals surface area contributed by atoms with Crippen molar-refractivity contribution in [3.05, 3.63) is 35.0 Å². The van der Waals surface area contributed by atoms with Gasteiger partial charge in [-0.15, -0.1) is 0 Å². The molecule has 0 bridgehead atoms. The van der Waals surface area contributed by atoms with Gasteiger partial charge < -0.3 is 20.3 Å². The van der Waals surface area contributed by atoms with E-state index in [1.165, 1.54) is 6.07 Å². The van der Waals surface area contributed by atoms with Crippen LogP contribution in [0.4, 0.5) is 30.6 Å². The lowest BCUT2D eigenvalue weighted by atomic mass is 9.75. The second-order valence-electron chi connectivity index (χ2n) is 7.88. The quantitative estimate of drug-likeness (QED) is 0.639. The number of benzene rings is 1. The Morgan fingerprint density at radius 1 is 1.29 bits per heavy atom. The summed E-state index contributed by atoms with van der Waals surface area (Å²) in [5.41, 5.74) is -0.0399. The third-order valence-electron chi connectivity index (χ3n) is 5.70. The summed E-state index contributed by atoms with van der Waals surface area (Å²) in [4.78, 5) is 8.60. The summed E-state index contributed by atoms with van der Waals surface area (Å²) in [5, 5.41) is 25.3. The second-order valence-corrected chi connectivity index (χ2v) is 7.88. The molecule has 7 nitrogen and oxygen atoms in total. The van der Waals surface area contributed by atoms with Crippen LogP contribution >= 0.6 is 0 Å². The van der Waals surface area contributed by atoms with Gasteiger partial charge in [-0.3, -0.25) is 0 Å². The Bertz CT molecular complexity index is 1030. The van der Waals surface area contributed by atoms with Crippen molar-refractivity contribution in [1.29, 1.82) is 5.26 Å². The van der Waals surface area contributed by atoms with Crippen molar-refractivity contribution in [2.45, 2.75) is 51.4 Å². The fourth-order valence-electron chi connectivity index (χ4n) is 4.09. The average Bonchev–Trinajstić information content (AvgIpc) is 3.10. The molecule has 3 N–H and O–H groups in total. The molecule has 2 atom stereocenters. The molecule has 2 aliphatic rings. The van der Waals surface area contributed by atoms with Crippen LogP contribution in [-0.2, 0) is 17.4 Å². The van der Waals surface area contributed by atoms with Crippen molar-refractivity contribution >= 4 is 30.0 Å². The number of alkyl halides is 3.